The number of halogens is 1. The number of nitrogens with one attached hydrogen (secondary N) is 1. The molecule has 2 rings (SSSR count). The fourth-order valence-corrected chi connectivity index (χ4v) is 3.54. The third-order valence-corrected chi connectivity index (χ3v) is 4.90. The highest BCUT2D eigenvalue weighted by Crippen LogP contribution is 2.24. The summed E-state index contributed by atoms with van der Waals surface area (Å²) in [5, 5.41) is 8.31. The van der Waals surface area contributed by atoms with E-state index in [4.69, 9.17) is 9.52 Å². The van der Waals surface area contributed by atoms with E-state index >= 15 is 0 Å². The van der Waals surface area contributed by atoms with Crippen molar-refractivity contribution in [3.8, 4) is 0 Å². The third kappa shape index (κ3) is 3.52. The molecular weight excluding hydrogens is 362 g/mol. The molecule has 21 heavy (non-hydrogen) atoms. The molecule has 8 heteroatoms. The number of carboxylic acid groups (broad SMARTS) is 1. The van der Waals surface area contributed by atoms with Crippen LogP contribution in [0.25, 0.3) is 0 Å². The van der Waals surface area contributed by atoms with Crippen molar-refractivity contribution < 1.29 is 22.7 Å². The number of hydrogen-bond acceptors (Lipinski definition) is 4. The number of benzene rings is 1. The van der Waals surface area contributed by atoms with Crippen LogP contribution in [0.5, 0.6) is 0 Å². The summed E-state index contributed by atoms with van der Waals surface area (Å²) in [4.78, 5) is 10.7. The van der Waals surface area contributed by atoms with Gasteiger partial charge in [0.05, 0.1) is 0 Å². The number of carboxylic acids is 1. The fraction of sp³-hybridized carbons (Fsp3) is 0.154. The van der Waals surface area contributed by atoms with Crippen LogP contribution >= 0.6 is 15.9 Å². The van der Waals surface area contributed by atoms with Crippen molar-refractivity contribution in [2.75, 3.05) is 0 Å². The first-order valence-electron chi connectivity index (χ1n) is 5.91. The van der Waals surface area contributed by atoms with E-state index in [1.54, 1.807) is 25.1 Å². The third-order valence-electron chi connectivity index (χ3n) is 2.76. The Morgan fingerprint density at radius 2 is 1.95 bits per heavy atom. The first-order valence-corrected chi connectivity index (χ1v) is 8.19. The van der Waals surface area contributed by atoms with E-state index in [0.717, 1.165) is 22.2 Å². The second-order valence-corrected chi connectivity index (χ2v) is 6.79. The van der Waals surface area contributed by atoms with Crippen LogP contribution in [-0.2, 0) is 10.0 Å². The molecule has 0 spiro atoms. The van der Waals surface area contributed by atoms with Gasteiger partial charge < -0.3 is 9.52 Å². The molecule has 0 saturated carbocycles. The van der Waals surface area contributed by atoms with Gasteiger partial charge in [0.15, 0.2) is 0 Å². The van der Waals surface area contributed by atoms with Gasteiger partial charge in [-0.25, -0.2) is 17.9 Å². The average Bonchev–Trinajstić information content (AvgIpc) is 2.89. The summed E-state index contributed by atoms with van der Waals surface area (Å²) in [6.45, 7) is 1.68. The van der Waals surface area contributed by atoms with Crippen LogP contribution < -0.4 is 4.72 Å². The highest BCUT2D eigenvalue weighted by atomic mass is 79.9. The topological polar surface area (TPSA) is 96.6 Å². The Balaban J connectivity index is 2.24. The molecule has 0 amide bonds. The van der Waals surface area contributed by atoms with Crippen LogP contribution in [0.15, 0.2) is 50.4 Å². The highest BCUT2D eigenvalue weighted by Gasteiger charge is 2.24. The van der Waals surface area contributed by atoms with E-state index in [2.05, 4.69) is 20.7 Å². The minimum absolute atomic E-state index is 0.427. The Kier molecular flexibility index (Phi) is 4.50. The highest BCUT2D eigenvalue weighted by molar-refractivity contribution is 9.10. The summed E-state index contributed by atoms with van der Waals surface area (Å²) in [5.41, 5.74) is 0.756. The molecular formula is C13H12BrNO5S. The molecule has 0 unspecified atom stereocenters. The summed E-state index contributed by atoms with van der Waals surface area (Å²) in [5.74, 6) is -1.75. The van der Waals surface area contributed by atoms with E-state index in [-0.39, 0.29) is 0 Å². The van der Waals surface area contributed by atoms with Gasteiger partial charge in [-0.3, -0.25) is 0 Å². The van der Waals surface area contributed by atoms with Crippen LogP contribution in [0.1, 0.15) is 29.1 Å². The monoisotopic (exact) mass is 373 g/mol. The summed E-state index contributed by atoms with van der Waals surface area (Å²) in [6, 6.07) is 8.89. The Morgan fingerprint density at radius 1 is 1.29 bits per heavy atom. The predicted octanol–water partition coefficient (Wildman–Crippen LogP) is 2.78. The lowest BCUT2D eigenvalue weighted by atomic mass is 10.1. The van der Waals surface area contributed by atoms with E-state index in [0.29, 0.717) is 0 Å². The molecule has 0 aliphatic heterocycles. The summed E-state index contributed by atoms with van der Waals surface area (Å²) >= 11 is 3.35. The van der Waals surface area contributed by atoms with Gasteiger partial charge in [0.25, 0.3) is 10.0 Å². The number of furan rings is 1. The molecule has 1 heterocycles. The standard InChI is InChI=1S/C13H12BrNO5S/c1-8(9-4-2-3-5-10(9)14)15-21(18,19)12-7-6-11(20-12)13(16)17/h2-8,15H,1H3,(H,16,17)/t8-/m0/s1. The molecule has 0 saturated heterocycles. The molecule has 0 radical (unpaired) electrons. The Morgan fingerprint density at radius 3 is 2.52 bits per heavy atom. The van der Waals surface area contributed by atoms with Gasteiger partial charge in [0.1, 0.15) is 0 Å². The maximum Gasteiger partial charge on any atom is 0.371 e. The molecule has 0 bridgehead atoms. The summed E-state index contributed by atoms with van der Waals surface area (Å²) < 4.78 is 32.3. The molecule has 6 nitrogen and oxygen atoms in total. The molecule has 2 aromatic rings. The van der Waals surface area contributed by atoms with Crippen molar-refractivity contribution in [2.45, 2.75) is 18.1 Å². The van der Waals surface area contributed by atoms with Gasteiger partial charge in [0.2, 0.25) is 10.9 Å². The van der Waals surface area contributed by atoms with Crippen molar-refractivity contribution in [3.05, 3.63) is 52.2 Å². The largest absolute Gasteiger partial charge is 0.475 e. The van der Waals surface area contributed by atoms with E-state index < -0.39 is 32.9 Å². The predicted molar refractivity (Wildman–Crippen MR) is 78.5 cm³/mol. The van der Waals surface area contributed by atoms with Gasteiger partial charge in [-0.15, -0.1) is 0 Å². The molecule has 1 aromatic carbocycles. The molecule has 0 aliphatic carbocycles. The van der Waals surface area contributed by atoms with Crippen LogP contribution in [0.4, 0.5) is 0 Å². The molecule has 112 valence electrons. The Labute approximate surface area is 130 Å². The SMILES string of the molecule is C[C@H](NS(=O)(=O)c1ccc(C(=O)O)o1)c1ccccc1Br. The van der Waals surface area contributed by atoms with Gasteiger partial charge in [-0.1, -0.05) is 34.1 Å². The van der Waals surface area contributed by atoms with E-state index in [1.807, 2.05) is 6.07 Å². The molecule has 1 atom stereocenters. The Hall–Kier alpha value is -1.64. The van der Waals surface area contributed by atoms with Gasteiger partial charge in [-0.05, 0) is 30.7 Å². The van der Waals surface area contributed by atoms with Gasteiger partial charge in [0, 0.05) is 10.5 Å². The lowest BCUT2D eigenvalue weighted by Crippen LogP contribution is -2.26. The summed E-state index contributed by atoms with van der Waals surface area (Å²) in [6.07, 6.45) is 0. The molecule has 1 aromatic heterocycles. The van der Waals surface area contributed by atoms with Gasteiger partial charge in [-0.2, -0.15) is 0 Å². The minimum atomic E-state index is -3.94. The first-order chi connectivity index (χ1) is 9.81. The smallest absolute Gasteiger partial charge is 0.371 e. The number of sulfonamides is 1. The molecule has 2 N–H and O–H groups in total. The van der Waals surface area contributed by atoms with E-state index in [1.165, 1.54) is 0 Å². The second-order valence-electron chi connectivity index (χ2n) is 4.29. The number of hydrogen-bond donors (Lipinski definition) is 2. The van der Waals surface area contributed by atoms with Crippen molar-refractivity contribution >= 4 is 31.9 Å². The second kappa shape index (κ2) is 6.00. The average molecular weight is 374 g/mol. The van der Waals surface area contributed by atoms with E-state index in [9.17, 15) is 13.2 Å². The van der Waals surface area contributed by atoms with Crippen LogP contribution in [0.2, 0.25) is 0 Å². The number of aromatic carboxylic acids is 1. The zero-order valence-electron chi connectivity index (χ0n) is 10.9. The lowest BCUT2D eigenvalue weighted by molar-refractivity contribution is 0.0656. The zero-order valence-corrected chi connectivity index (χ0v) is 13.3. The fourth-order valence-electron chi connectivity index (χ4n) is 1.76. The lowest BCUT2D eigenvalue weighted by Gasteiger charge is -2.14. The van der Waals surface area contributed by atoms with Gasteiger partial charge >= 0.3 is 5.97 Å². The zero-order chi connectivity index (χ0) is 15.6. The Bertz CT molecular complexity index is 768. The number of rotatable bonds is 5. The molecule has 0 fully saturated rings. The summed E-state index contributed by atoms with van der Waals surface area (Å²) in [7, 11) is -3.94. The van der Waals surface area contributed by atoms with Crippen molar-refractivity contribution in [2.24, 2.45) is 0 Å². The first kappa shape index (κ1) is 15.7. The maximum absolute atomic E-state index is 12.2. The van der Waals surface area contributed by atoms with Crippen LogP contribution in [0.3, 0.4) is 0 Å². The van der Waals surface area contributed by atoms with Crippen molar-refractivity contribution in [3.63, 3.8) is 0 Å². The number of carbonyl (C=O) groups is 1. The maximum atomic E-state index is 12.2. The minimum Gasteiger partial charge on any atom is -0.475 e. The quantitative estimate of drug-likeness (QED) is 0.839. The van der Waals surface area contributed by atoms with Crippen LogP contribution in [-0.4, -0.2) is 19.5 Å². The van der Waals surface area contributed by atoms with Crippen LogP contribution in [0, 0.1) is 0 Å². The molecule has 0 aliphatic rings. The van der Waals surface area contributed by atoms with Crippen molar-refractivity contribution in [1.29, 1.82) is 0 Å². The van der Waals surface area contributed by atoms with Crippen molar-refractivity contribution in [1.82, 2.24) is 4.72 Å². The normalized spacial score (nSPS) is 13.0.